The van der Waals surface area contributed by atoms with E-state index >= 15 is 0 Å². The second kappa shape index (κ2) is 8.44. The predicted molar refractivity (Wildman–Crippen MR) is 81.8 cm³/mol. The largest absolute Gasteiger partial charge is 0.373 e. The van der Waals surface area contributed by atoms with Crippen LogP contribution in [0.1, 0.15) is 38.7 Å². The van der Waals surface area contributed by atoms with Gasteiger partial charge in [-0.2, -0.15) is 5.26 Å². The number of nitrogens with one attached hydrogen (secondary N) is 2. The fraction of sp³-hybridized carbons (Fsp3) is 0.467. The Bertz CT molecular complexity index is 496. The maximum Gasteiger partial charge on any atom is 0.242 e. The molecule has 0 heterocycles. The van der Waals surface area contributed by atoms with Crippen LogP contribution in [0.3, 0.4) is 0 Å². The average Bonchev–Trinajstić information content (AvgIpc) is 2.43. The van der Waals surface area contributed by atoms with E-state index < -0.39 is 6.04 Å². The number of halogens is 1. The molecule has 108 valence electrons. The van der Waals surface area contributed by atoms with Crippen LogP contribution in [-0.2, 0) is 4.79 Å². The molecule has 0 bridgehead atoms. The van der Waals surface area contributed by atoms with E-state index in [0.29, 0.717) is 22.8 Å². The average molecular weight is 294 g/mol. The van der Waals surface area contributed by atoms with Gasteiger partial charge in [0.25, 0.3) is 0 Å². The normalized spacial score (nSPS) is 11.5. The summed E-state index contributed by atoms with van der Waals surface area (Å²) in [6, 6.07) is 6.60. The number of carbonyl (C=O) groups is 1. The van der Waals surface area contributed by atoms with Gasteiger partial charge in [0, 0.05) is 11.6 Å². The van der Waals surface area contributed by atoms with Crippen molar-refractivity contribution in [1.82, 2.24) is 5.32 Å². The van der Waals surface area contributed by atoms with Crippen molar-refractivity contribution in [1.29, 1.82) is 5.26 Å². The van der Waals surface area contributed by atoms with Gasteiger partial charge in [0.1, 0.15) is 12.1 Å². The molecule has 0 fully saturated rings. The number of hydrogen-bond donors (Lipinski definition) is 2. The van der Waals surface area contributed by atoms with Crippen LogP contribution in [-0.4, -0.2) is 18.5 Å². The van der Waals surface area contributed by atoms with Gasteiger partial charge in [-0.3, -0.25) is 4.79 Å². The van der Waals surface area contributed by atoms with Gasteiger partial charge in [-0.25, -0.2) is 0 Å². The summed E-state index contributed by atoms with van der Waals surface area (Å²) in [6.07, 6.45) is 3.21. The molecule has 20 heavy (non-hydrogen) atoms. The van der Waals surface area contributed by atoms with Gasteiger partial charge in [-0.15, -0.1) is 0 Å². The summed E-state index contributed by atoms with van der Waals surface area (Å²) in [6.45, 7) is 4.56. The van der Waals surface area contributed by atoms with Gasteiger partial charge in [0.15, 0.2) is 0 Å². The number of anilines is 1. The van der Waals surface area contributed by atoms with Crippen LogP contribution in [0, 0.1) is 11.3 Å². The third-order valence-corrected chi connectivity index (χ3v) is 3.18. The van der Waals surface area contributed by atoms with Crippen molar-refractivity contribution < 1.29 is 4.79 Å². The van der Waals surface area contributed by atoms with E-state index in [1.54, 1.807) is 25.1 Å². The van der Waals surface area contributed by atoms with Crippen LogP contribution in [0.4, 0.5) is 5.69 Å². The van der Waals surface area contributed by atoms with Crippen LogP contribution >= 0.6 is 11.6 Å². The van der Waals surface area contributed by atoms with Crippen LogP contribution < -0.4 is 10.6 Å². The molecule has 4 nitrogen and oxygen atoms in total. The van der Waals surface area contributed by atoms with Crippen molar-refractivity contribution in [3.63, 3.8) is 0 Å². The molecule has 1 atom stereocenters. The summed E-state index contributed by atoms with van der Waals surface area (Å²) in [5, 5.41) is 15.5. The van der Waals surface area contributed by atoms with Gasteiger partial charge >= 0.3 is 0 Å². The molecule has 0 aliphatic rings. The number of rotatable bonds is 7. The third-order valence-electron chi connectivity index (χ3n) is 2.95. The van der Waals surface area contributed by atoms with Crippen molar-refractivity contribution >= 4 is 23.2 Å². The van der Waals surface area contributed by atoms with E-state index in [0.717, 1.165) is 19.3 Å². The highest BCUT2D eigenvalue weighted by atomic mass is 35.5. The topological polar surface area (TPSA) is 64.9 Å². The number of amides is 1. The number of nitriles is 1. The van der Waals surface area contributed by atoms with E-state index in [2.05, 4.69) is 23.6 Å². The first-order chi connectivity index (χ1) is 9.58. The first-order valence-corrected chi connectivity index (χ1v) is 7.20. The Hall–Kier alpha value is -1.73. The molecule has 0 aliphatic carbocycles. The fourth-order valence-electron chi connectivity index (χ4n) is 1.77. The van der Waals surface area contributed by atoms with E-state index in [-0.39, 0.29) is 5.91 Å². The molecular weight excluding hydrogens is 274 g/mol. The lowest BCUT2D eigenvalue weighted by atomic mass is 10.1. The zero-order chi connectivity index (χ0) is 15.0. The highest BCUT2D eigenvalue weighted by Crippen LogP contribution is 2.21. The Morgan fingerprint density at radius 2 is 2.20 bits per heavy atom. The smallest absolute Gasteiger partial charge is 0.242 e. The number of hydrogen-bond acceptors (Lipinski definition) is 3. The minimum Gasteiger partial charge on any atom is -0.373 e. The number of unbranched alkanes of at least 4 members (excludes halogenated alkanes) is 2. The zero-order valence-corrected chi connectivity index (χ0v) is 12.6. The molecule has 0 saturated heterocycles. The number of nitrogens with zero attached hydrogens (tertiary/aromatic N) is 1. The number of benzene rings is 1. The Morgan fingerprint density at radius 1 is 1.45 bits per heavy atom. The summed E-state index contributed by atoms with van der Waals surface area (Å²) in [5.74, 6) is -0.0787. The van der Waals surface area contributed by atoms with Crippen LogP contribution in [0.2, 0.25) is 5.02 Å². The summed E-state index contributed by atoms with van der Waals surface area (Å²) >= 11 is 5.91. The molecule has 1 aromatic carbocycles. The molecule has 0 aromatic heterocycles. The Morgan fingerprint density at radius 3 is 2.85 bits per heavy atom. The molecule has 0 spiro atoms. The van der Waals surface area contributed by atoms with Crippen LogP contribution in [0.25, 0.3) is 0 Å². The van der Waals surface area contributed by atoms with Crippen molar-refractivity contribution in [2.75, 3.05) is 11.9 Å². The predicted octanol–water partition coefficient (Wildman–Crippen LogP) is 3.32. The molecule has 0 aliphatic heterocycles. The summed E-state index contributed by atoms with van der Waals surface area (Å²) in [4.78, 5) is 11.9. The first kappa shape index (κ1) is 16.3. The van der Waals surface area contributed by atoms with Crippen LogP contribution in [0.5, 0.6) is 0 Å². The minimum absolute atomic E-state index is 0.0787. The Balaban J connectivity index is 2.57. The molecule has 0 saturated carbocycles. The quantitative estimate of drug-likeness (QED) is 0.758. The Kier molecular flexibility index (Phi) is 6.89. The second-order valence-corrected chi connectivity index (χ2v) is 5.10. The molecule has 1 aromatic rings. The van der Waals surface area contributed by atoms with E-state index in [1.807, 2.05) is 0 Å². The zero-order valence-electron chi connectivity index (χ0n) is 11.9. The lowest BCUT2D eigenvalue weighted by Gasteiger charge is -2.16. The molecule has 0 radical (unpaired) electrons. The van der Waals surface area contributed by atoms with E-state index in [9.17, 15) is 4.79 Å². The summed E-state index contributed by atoms with van der Waals surface area (Å²) < 4.78 is 0. The Labute approximate surface area is 125 Å². The van der Waals surface area contributed by atoms with E-state index in [4.69, 9.17) is 16.9 Å². The molecule has 1 unspecified atom stereocenters. The van der Waals surface area contributed by atoms with Gasteiger partial charge in [-0.1, -0.05) is 31.4 Å². The molecule has 2 N–H and O–H groups in total. The highest BCUT2D eigenvalue weighted by molar-refractivity contribution is 6.30. The third kappa shape index (κ3) is 5.10. The molecule has 1 rings (SSSR count). The SMILES string of the molecule is CCCCCNC(=O)C(C)Nc1cc(Cl)ccc1C#N. The summed E-state index contributed by atoms with van der Waals surface area (Å²) in [7, 11) is 0. The first-order valence-electron chi connectivity index (χ1n) is 6.82. The van der Waals surface area contributed by atoms with Crippen LogP contribution in [0.15, 0.2) is 18.2 Å². The van der Waals surface area contributed by atoms with E-state index in [1.165, 1.54) is 0 Å². The van der Waals surface area contributed by atoms with Gasteiger partial charge in [-0.05, 0) is 31.5 Å². The second-order valence-electron chi connectivity index (χ2n) is 4.67. The van der Waals surface area contributed by atoms with Crippen molar-refractivity contribution in [3.8, 4) is 6.07 Å². The number of carbonyl (C=O) groups excluding carboxylic acids is 1. The fourth-order valence-corrected chi connectivity index (χ4v) is 1.94. The molecule has 1 amide bonds. The molecular formula is C15H20ClN3O. The van der Waals surface area contributed by atoms with Gasteiger partial charge < -0.3 is 10.6 Å². The lowest BCUT2D eigenvalue weighted by molar-refractivity contribution is -0.121. The highest BCUT2D eigenvalue weighted by Gasteiger charge is 2.13. The maximum atomic E-state index is 11.9. The standard InChI is InChI=1S/C15H20ClN3O/c1-3-4-5-8-18-15(20)11(2)19-14-9-13(16)7-6-12(14)10-17/h6-7,9,11,19H,3-5,8H2,1-2H3,(H,18,20). The summed E-state index contributed by atoms with van der Waals surface area (Å²) in [5.41, 5.74) is 1.05. The minimum atomic E-state index is -0.415. The van der Waals surface area contributed by atoms with Gasteiger partial charge in [0.2, 0.25) is 5.91 Å². The monoisotopic (exact) mass is 293 g/mol. The lowest BCUT2D eigenvalue weighted by Crippen LogP contribution is -2.38. The maximum absolute atomic E-state index is 11.9. The van der Waals surface area contributed by atoms with Crippen molar-refractivity contribution in [2.24, 2.45) is 0 Å². The van der Waals surface area contributed by atoms with Crippen molar-refractivity contribution in [3.05, 3.63) is 28.8 Å². The van der Waals surface area contributed by atoms with Gasteiger partial charge in [0.05, 0.1) is 11.3 Å². The van der Waals surface area contributed by atoms with Crippen molar-refractivity contribution in [2.45, 2.75) is 39.2 Å². The molecule has 5 heteroatoms.